The van der Waals surface area contributed by atoms with E-state index < -0.39 is 12.1 Å². The Hall–Kier alpha value is -0.780. The molecule has 1 aliphatic carbocycles. The third-order valence-electron chi connectivity index (χ3n) is 4.98. The summed E-state index contributed by atoms with van der Waals surface area (Å²) in [7, 11) is 1.81. The van der Waals surface area contributed by atoms with Crippen molar-refractivity contribution in [2.24, 2.45) is 11.8 Å². The van der Waals surface area contributed by atoms with Crippen molar-refractivity contribution in [3.05, 3.63) is 0 Å². The maximum Gasteiger partial charge on any atom is 0.391 e. The zero-order chi connectivity index (χ0) is 15.5. The molecule has 1 unspecified atom stereocenters. The van der Waals surface area contributed by atoms with Crippen LogP contribution in [0.2, 0.25) is 0 Å². The van der Waals surface area contributed by atoms with E-state index in [0.29, 0.717) is 12.8 Å². The second-order valence-electron chi connectivity index (χ2n) is 6.37. The van der Waals surface area contributed by atoms with Crippen molar-refractivity contribution < 1.29 is 18.0 Å². The van der Waals surface area contributed by atoms with Crippen molar-refractivity contribution in [3.63, 3.8) is 0 Å². The smallest absolute Gasteiger partial charge is 0.342 e. The third-order valence-corrected chi connectivity index (χ3v) is 4.98. The van der Waals surface area contributed by atoms with Gasteiger partial charge in [-0.05, 0) is 58.0 Å². The van der Waals surface area contributed by atoms with Gasteiger partial charge in [0.15, 0.2) is 0 Å². The molecular weight excluding hydrogens is 281 g/mol. The number of nitrogens with one attached hydrogen (secondary N) is 1. The Morgan fingerprint density at radius 1 is 1.05 bits per heavy atom. The fraction of sp³-hybridized carbons (Fsp3) is 0.933. The Balaban J connectivity index is 1.86. The minimum absolute atomic E-state index is 0.0440. The highest BCUT2D eigenvalue weighted by atomic mass is 19.4. The number of hydrogen-bond acceptors (Lipinski definition) is 2. The summed E-state index contributed by atoms with van der Waals surface area (Å²) in [6, 6.07) is 0.229. The lowest BCUT2D eigenvalue weighted by Crippen LogP contribution is -2.42. The first-order valence-electron chi connectivity index (χ1n) is 7.93. The summed E-state index contributed by atoms with van der Waals surface area (Å²) in [5, 5.41) is 3.31. The molecule has 21 heavy (non-hydrogen) atoms. The predicted molar refractivity (Wildman–Crippen MR) is 74.8 cm³/mol. The number of rotatable bonds is 2. The van der Waals surface area contributed by atoms with E-state index in [1.165, 1.54) is 0 Å². The minimum atomic E-state index is -4.10. The van der Waals surface area contributed by atoms with E-state index in [4.69, 9.17) is 0 Å². The molecule has 1 amide bonds. The SMILES string of the molecule is CN(C(=O)C1CCC(C(F)(F)F)CC1)C1CCCNCC1. The number of carbonyl (C=O) groups excluding carboxylic acids is 1. The Bertz CT molecular complexity index is 343. The zero-order valence-electron chi connectivity index (χ0n) is 12.6. The summed E-state index contributed by atoms with van der Waals surface area (Å²) in [6.07, 6.45) is -0.209. The molecule has 2 aliphatic rings. The van der Waals surface area contributed by atoms with E-state index in [-0.39, 0.29) is 30.7 Å². The summed E-state index contributed by atoms with van der Waals surface area (Å²) in [5.74, 6) is -1.39. The lowest BCUT2D eigenvalue weighted by molar-refractivity contribution is -0.185. The molecule has 1 saturated carbocycles. The fourth-order valence-electron chi connectivity index (χ4n) is 3.52. The van der Waals surface area contributed by atoms with Gasteiger partial charge < -0.3 is 10.2 Å². The first-order valence-corrected chi connectivity index (χ1v) is 7.93. The van der Waals surface area contributed by atoms with Crippen molar-refractivity contribution in [2.45, 2.75) is 57.2 Å². The van der Waals surface area contributed by atoms with Gasteiger partial charge in [0.1, 0.15) is 0 Å². The first kappa shape index (κ1) is 16.6. The van der Waals surface area contributed by atoms with Crippen LogP contribution in [0.25, 0.3) is 0 Å². The van der Waals surface area contributed by atoms with E-state index in [9.17, 15) is 18.0 Å². The van der Waals surface area contributed by atoms with Gasteiger partial charge in [0.25, 0.3) is 0 Å². The first-order chi connectivity index (χ1) is 9.89. The normalized spacial score (nSPS) is 31.5. The lowest BCUT2D eigenvalue weighted by Gasteiger charge is -2.34. The number of halogens is 3. The van der Waals surface area contributed by atoms with E-state index in [1.54, 1.807) is 4.90 Å². The van der Waals surface area contributed by atoms with E-state index >= 15 is 0 Å². The molecule has 2 rings (SSSR count). The Labute approximate surface area is 124 Å². The van der Waals surface area contributed by atoms with Gasteiger partial charge in [-0.3, -0.25) is 4.79 Å². The molecule has 0 spiro atoms. The Kier molecular flexibility index (Phi) is 5.52. The molecule has 0 aromatic heterocycles. The van der Waals surface area contributed by atoms with Crippen LogP contribution in [-0.2, 0) is 4.79 Å². The number of amides is 1. The largest absolute Gasteiger partial charge is 0.391 e. The minimum Gasteiger partial charge on any atom is -0.342 e. The molecule has 6 heteroatoms. The Morgan fingerprint density at radius 3 is 2.33 bits per heavy atom. The predicted octanol–water partition coefficient (Wildman–Crippen LogP) is 2.96. The van der Waals surface area contributed by atoms with Gasteiger partial charge in [0, 0.05) is 19.0 Å². The summed E-state index contributed by atoms with van der Waals surface area (Å²) < 4.78 is 38.0. The van der Waals surface area contributed by atoms with Crippen LogP contribution in [0.1, 0.15) is 44.9 Å². The molecule has 0 aromatic rings. The van der Waals surface area contributed by atoms with Crippen LogP contribution >= 0.6 is 0 Å². The van der Waals surface area contributed by atoms with Gasteiger partial charge in [-0.15, -0.1) is 0 Å². The molecule has 2 fully saturated rings. The average Bonchev–Trinajstić information content (AvgIpc) is 2.74. The maximum atomic E-state index is 12.7. The van der Waals surface area contributed by atoms with Gasteiger partial charge in [0.05, 0.1) is 5.92 Å². The van der Waals surface area contributed by atoms with Crippen LogP contribution in [0.3, 0.4) is 0 Å². The summed E-state index contributed by atoms with van der Waals surface area (Å²) in [4.78, 5) is 14.3. The van der Waals surface area contributed by atoms with Crippen LogP contribution in [0.5, 0.6) is 0 Å². The molecule has 1 atom stereocenters. The highest BCUT2D eigenvalue weighted by Crippen LogP contribution is 2.40. The third kappa shape index (κ3) is 4.34. The monoisotopic (exact) mass is 306 g/mol. The van der Waals surface area contributed by atoms with Crippen LogP contribution in [0.4, 0.5) is 13.2 Å². The zero-order valence-corrected chi connectivity index (χ0v) is 12.6. The van der Waals surface area contributed by atoms with Crippen molar-refractivity contribution in [1.82, 2.24) is 10.2 Å². The molecule has 1 N–H and O–H groups in total. The standard InChI is InChI=1S/C15H25F3N2O/c1-20(13-3-2-9-19-10-8-13)14(21)11-4-6-12(7-5-11)15(16,17)18/h11-13,19H,2-10H2,1H3. The van der Waals surface area contributed by atoms with Crippen LogP contribution < -0.4 is 5.32 Å². The molecule has 1 heterocycles. The summed E-state index contributed by atoms with van der Waals surface area (Å²) in [5.41, 5.74) is 0. The topological polar surface area (TPSA) is 32.3 Å². The van der Waals surface area contributed by atoms with Crippen LogP contribution in [0.15, 0.2) is 0 Å². The van der Waals surface area contributed by atoms with Gasteiger partial charge in [-0.25, -0.2) is 0 Å². The number of nitrogens with zero attached hydrogens (tertiary/aromatic N) is 1. The van der Waals surface area contributed by atoms with Crippen molar-refractivity contribution in [2.75, 3.05) is 20.1 Å². The number of hydrogen-bond donors (Lipinski definition) is 1. The van der Waals surface area contributed by atoms with Gasteiger partial charge >= 0.3 is 6.18 Å². The molecule has 122 valence electrons. The maximum absolute atomic E-state index is 12.7. The number of carbonyl (C=O) groups is 1. The van der Waals surface area contributed by atoms with Crippen molar-refractivity contribution >= 4 is 5.91 Å². The highest BCUT2D eigenvalue weighted by Gasteiger charge is 2.43. The summed E-state index contributed by atoms with van der Waals surface area (Å²) in [6.45, 7) is 1.89. The second-order valence-corrected chi connectivity index (χ2v) is 6.37. The van der Waals surface area contributed by atoms with Gasteiger partial charge in [-0.1, -0.05) is 0 Å². The molecule has 1 aliphatic heterocycles. The number of alkyl halides is 3. The summed E-state index contributed by atoms with van der Waals surface area (Å²) >= 11 is 0. The molecule has 0 bridgehead atoms. The molecule has 1 saturated heterocycles. The highest BCUT2D eigenvalue weighted by molar-refractivity contribution is 5.79. The molecule has 0 radical (unpaired) electrons. The van der Waals surface area contributed by atoms with Crippen LogP contribution in [-0.4, -0.2) is 43.2 Å². The van der Waals surface area contributed by atoms with Crippen molar-refractivity contribution in [1.29, 1.82) is 0 Å². The second kappa shape index (κ2) is 6.99. The quantitative estimate of drug-likeness (QED) is 0.851. The Morgan fingerprint density at radius 2 is 1.71 bits per heavy atom. The van der Waals surface area contributed by atoms with Crippen molar-refractivity contribution in [3.8, 4) is 0 Å². The van der Waals surface area contributed by atoms with E-state index in [1.807, 2.05) is 7.05 Å². The van der Waals surface area contributed by atoms with Crippen LogP contribution in [0, 0.1) is 11.8 Å². The van der Waals surface area contributed by atoms with E-state index in [2.05, 4.69) is 5.32 Å². The molecular formula is C15H25F3N2O. The molecule has 3 nitrogen and oxygen atoms in total. The average molecular weight is 306 g/mol. The van der Waals surface area contributed by atoms with Gasteiger partial charge in [-0.2, -0.15) is 13.2 Å². The van der Waals surface area contributed by atoms with Gasteiger partial charge in [0.2, 0.25) is 5.91 Å². The lowest BCUT2D eigenvalue weighted by atomic mass is 9.81. The van der Waals surface area contributed by atoms with E-state index in [0.717, 1.165) is 32.4 Å². The molecule has 0 aromatic carbocycles. The fourth-order valence-corrected chi connectivity index (χ4v) is 3.52.